The molecule has 21 heavy (non-hydrogen) atoms. The van der Waals surface area contributed by atoms with Crippen LogP contribution in [0.25, 0.3) is 0 Å². The van der Waals surface area contributed by atoms with Gasteiger partial charge in [-0.25, -0.2) is 0 Å². The molecule has 0 aromatic heterocycles. The average Bonchev–Trinajstić information content (AvgIpc) is 2.55. The number of ether oxygens (including phenoxy) is 2. The molecule has 2 rings (SSSR count). The van der Waals surface area contributed by atoms with E-state index in [-0.39, 0.29) is 0 Å². The van der Waals surface area contributed by atoms with Crippen LogP contribution in [0.3, 0.4) is 0 Å². The molecule has 0 saturated heterocycles. The van der Waals surface area contributed by atoms with Gasteiger partial charge < -0.3 is 14.3 Å². The van der Waals surface area contributed by atoms with Gasteiger partial charge >= 0.3 is 0 Å². The lowest BCUT2D eigenvalue weighted by Gasteiger charge is -2.09. The minimum Gasteiger partial charge on any atom is -0.497 e. The molecule has 110 valence electrons. The average molecular weight is 285 g/mol. The zero-order valence-electron chi connectivity index (χ0n) is 12.3. The van der Waals surface area contributed by atoms with E-state index in [2.05, 4.69) is 17.3 Å². The van der Waals surface area contributed by atoms with E-state index in [0.29, 0.717) is 6.61 Å². The van der Waals surface area contributed by atoms with Crippen molar-refractivity contribution in [1.82, 2.24) is 0 Å². The van der Waals surface area contributed by atoms with E-state index in [1.165, 1.54) is 5.56 Å². The van der Waals surface area contributed by atoms with Crippen LogP contribution < -0.4 is 9.47 Å². The smallest absolute Gasteiger partial charge is 0.145 e. The second-order valence-corrected chi connectivity index (χ2v) is 4.43. The van der Waals surface area contributed by atoms with Crippen LogP contribution in [0, 0.1) is 0 Å². The molecule has 0 aliphatic heterocycles. The molecule has 2 aromatic rings. The molecule has 0 saturated carbocycles. The lowest BCUT2D eigenvalue weighted by atomic mass is 10.2. The fourth-order valence-electron chi connectivity index (χ4n) is 1.89. The summed E-state index contributed by atoms with van der Waals surface area (Å²) in [6.45, 7) is 0.360. The zero-order chi connectivity index (χ0) is 14.9. The first-order valence-electron chi connectivity index (χ1n) is 6.72. The van der Waals surface area contributed by atoms with Gasteiger partial charge in [0.2, 0.25) is 0 Å². The topological polar surface area (TPSA) is 40.0 Å². The number of methoxy groups -OCH3 is 2. The molecule has 0 fully saturated rings. The highest BCUT2D eigenvalue weighted by Crippen LogP contribution is 2.25. The Balaban J connectivity index is 1.85. The van der Waals surface area contributed by atoms with E-state index in [4.69, 9.17) is 14.3 Å². The van der Waals surface area contributed by atoms with Gasteiger partial charge in [0.05, 0.1) is 14.2 Å². The standard InChI is InChI=1S/C17H19NO3/c1-19-16-9-8-15(17(12-16)20-2)13-21-18-11-10-14-6-4-3-5-7-14/h3-9,11-12H,10,13H2,1-2H3/b18-11+. The maximum atomic E-state index is 5.31. The predicted molar refractivity (Wildman–Crippen MR) is 83.0 cm³/mol. The monoisotopic (exact) mass is 285 g/mol. The maximum Gasteiger partial charge on any atom is 0.145 e. The van der Waals surface area contributed by atoms with Gasteiger partial charge in [-0.3, -0.25) is 0 Å². The van der Waals surface area contributed by atoms with Gasteiger partial charge in [-0.2, -0.15) is 0 Å². The number of nitrogens with zero attached hydrogens (tertiary/aromatic N) is 1. The minimum absolute atomic E-state index is 0.360. The lowest BCUT2D eigenvalue weighted by molar-refractivity contribution is 0.129. The van der Waals surface area contributed by atoms with E-state index in [1.807, 2.05) is 36.4 Å². The van der Waals surface area contributed by atoms with Crippen molar-refractivity contribution in [3.8, 4) is 11.5 Å². The molecular formula is C17H19NO3. The largest absolute Gasteiger partial charge is 0.497 e. The SMILES string of the molecule is COc1ccc(CO/N=C/Cc2ccccc2)c(OC)c1. The van der Waals surface area contributed by atoms with Gasteiger partial charge in [-0.1, -0.05) is 35.5 Å². The van der Waals surface area contributed by atoms with Crippen LogP contribution >= 0.6 is 0 Å². The van der Waals surface area contributed by atoms with Crippen molar-refractivity contribution >= 4 is 6.21 Å². The first-order valence-corrected chi connectivity index (χ1v) is 6.72. The van der Waals surface area contributed by atoms with Crippen molar-refractivity contribution in [1.29, 1.82) is 0 Å². The van der Waals surface area contributed by atoms with Crippen LogP contribution in [0.1, 0.15) is 11.1 Å². The Morgan fingerprint density at radius 1 is 1.00 bits per heavy atom. The van der Waals surface area contributed by atoms with Crippen molar-refractivity contribution in [3.63, 3.8) is 0 Å². The third kappa shape index (κ3) is 4.53. The van der Waals surface area contributed by atoms with Crippen LogP contribution in [0.4, 0.5) is 0 Å². The molecule has 0 aliphatic carbocycles. The zero-order valence-corrected chi connectivity index (χ0v) is 12.3. The minimum atomic E-state index is 0.360. The second kappa shape index (κ2) is 7.94. The Morgan fingerprint density at radius 3 is 2.52 bits per heavy atom. The van der Waals surface area contributed by atoms with Crippen molar-refractivity contribution in [2.75, 3.05) is 14.2 Å². The van der Waals surface area contributed by atoms with Crippen molar-refractivity contribution in [3.05, 3.63) is 59.7 Å². The molecule has 0 aliphatic rings. The Bertz CT molecular complexity index is 582. The molecule has 0 unspecified atom stereocenters. The van der Waals surface area contributed by atoms with Crippen molar-refractivity contribution < 1.29 is 14.3 Å². The van der Waals surface area contributed by atoms with Gasteiger partial charge in [0.1, 0.15) is 18.1 Å². The summed E-state index contributed by atoms with van der Waals surface area (Å²) in [5.41, 5.74) is 2.13. The number of benzene rings is 2. The molecule has 2 aromatic carbocycles. The van der Waals surface area contributed by atoms with Gasteiger partial charge in [0.25, 0.3) is 0 Å². The van der Waals surface area contributed by atoms with E-state index in [0.717, 1.165) is 23.5 Å². The lowest BCUT2D eigenvalue weighted by Crippen LogP contribution is -1.95. The Labute approximate surface area is 125 Å². The van der Waals surface area contributed by atoms with Crippen LogP contribution in [0.5, 0.6) is 11.5 Å². The Hall–Kier alpha value is -2.49. The normalized spacial score (nSPS) is 10.6. The molecule has 0 atom stereocenters. The number of hydrogen-bond acceptors (Lipinski definition) is 4. The summed E-state index contributed by atoms with van der Waals surface area (Å²) in [6, 6.07) is 15.7. The van der Waals surface area contributed by atoms with Gasteiger partial charge in [-0.05, 0) is 17.7 Å². The summed E-state index contributed by atoms with van der Waals surface area (Å²) in [7, 11) is 3.25. The molecule has 0 spiro atoms. The molecule has 4 heteroatoms. The van der Waals surface area contributed by atoms with Gasteiger partial charge in [0.15, 0.2) is 0 Å². The number of hydrogen-bond donors (Lipinski definition) is 0. The summed E-state index contributed by atoms with van der Waals surface area (Å²) in [5, 5.41) is 3.97. The highest BCUT2D eigenvalue weighted by molar-refractivity contribution is 5.60. The van der Waals surface area contributed by atoms with E-state index >= 15 is 0 Å². The molecule has 0 radical (unpaired) electrons. The maximum absolute atomic E-state index is 5.31. The third-order valence-corrected chi connectivity index (χ3v) is 3.03. The fraction of sp³-hybridized carbons (Fsp3) is 0.235. The fourth-order valence-corrected chi connectivity index (χ4v) is 1.89. The summed E-state index contributed by atoms with van der Waals surface area (Å²) < 4.78 is 10.5. The molecule has 0 N–H and O–H groups in total. The van der Waals surface area contributed by atoms with E-state index < -0.39 is 0 Å². The quantitative estimate of drug-likeness (QED) is 0.578. The van der Waals surface area contributed by atoms with Gasteiger partial charge in [0, 0.05) is 24.3 Å². The summed E-state index contributed by atoms with van der Waals surface area (Å²) >= 11 is 0. The van der Waals surface area contributed by atoms with E-state index in [1.54, 1.807) is 20.4 Å². The summed E-state index contributed by atoms with van der Waals surface area (Å²) in [6.07, 6.45) is 2.51. The predicted octanol–water partition coefficient (Wildman–Crippen LogP) is 3.45. The van der Waals surface area contributed by atoms with Gasteiger partial charge in [-0.15, -0.1) is 0 Å². The highest BCUT2D eigenvalue weighted by Gasteiger charge is 2.05. The summed E-state index contributed by atoms with van der Waals surface area (Å²) in [5.74, 6) is 1.48. The van der Waals surface area contributed by atoms with Crippen LogP contribution in [-0.4, -0.2) is 20.4 Å². The summed E-state index contributed by atoms with van der Waals surface area (Å²) in [4.78, 5) is 5.31. The van der Waals surface area contributed by atoms with Crippen LogP contribution in [-0.2, 0) is 17.9 Å². The first-order chi connectivity index (χ1) is 10.3. The second-order valence-electron chi connectivity index (χ2n) is 4.43. The highest BCUT2D eigenvalue weighted by atomic mass is 16.6. The number of rotatable bonds is 7. The number of oxime groups is 1. The third-order valence-electron chi connectivity index (χ3n) is 3.03. The van der Waals surface area contributed by atoms with Crippen LogP contribution in [0.2, 0.25) is 0 Å². The van der Waals surface area contributed by atoms with Crippen molar-refractivity contribution in [2.45, 2.75) is 13.0 Å². The molecule has 4 nitrogen and oxygen atoms in total. The first kappa shape index (κ1) is 14.9. The Morgan fingerprint density at radius 2 is 1.81 bits per heavy atom. The molecule has 0 amide bonds. The Kier molecular flexibility index (Phi) is 5.64. The van der Waals surface area contributed by atoms with Crippen LogP contribution in [0.15, 0.2) is 53.7 Å². The molecule has 0 heterocycles. The van der Waals surface area contributed by atoms with Crippen molar-refractivity contribution in [2.24, 2.45) is 5.16 Å². The molecule has 0 bridgehead atoms. The van der Waals surface area contributed by atoms with E-state index in [9.17, 15) is 0 Å². The molecular weight excluding hydrogens is 266 g/mol.